The molecule has 0 amide bonds. The number of rotatable bonds is 36. The Morgan fingerprint density at radius 3 is 0.612 bits per heavy atom. The molecule has 0 saturated heterocycles. The first-order valence-electron chi connectivity index (χ1n) is 32.8. The summed E-state index contributed by atoms with van der Waals surface area (Å²) < 4.78 is 0. The van der Waals surface area contributed by atoms with Crippen molar-refractivity contribution in [3.05, 3.63) is 146 Å². The maximum Gasteiger partial charge on any atom is 0.0543 e. The van der Waals surface area contributed by atoms with Gasteiger partial charge in [-0.2, -0.15) is 0 Å². The maximum absolute atomic E-state index is 2.60. The summed E-state index contributed by atoms with van der Waals surface area (Å²) in [5, 5.41) is 0. The Morgan fingerprint density at radius 2 is 0.400 bits per heavy atom. The summed E-state index contributed by atoms with van der Waals surface area (Å²) in [6.07, 6.45) is 19.4. The summed E-state index contributed by atoms with van der Waals surface area (Å²) >= 11 is 9.80. The Bertz CT molecular complexity index is 3100. The van der Waals surface area contributed by atoms with E-state index in [0.29, 0.717) is 0 Å². The highest BCUT2D eigenvalue weighted by Crippen LogP contribution is 2.58. The van der Waals surface area contributed by atoms with Crippen molar-refractivity contribution in [3.63, 3.8) is 0 Å². The minimum atomic E-state index is 1.11. The van der Waals surface area contributed by atoms with Crippen LogP contribution in [0, 0.1) is 0 Å². The van der Waals surface area contributed by atoms with Crippen molar-refractivity contribution in [2.45, 2.75) is 158 Å². The highest BCUT2D eigenvalue weighted by molar-refractivity contribution is 7.30. The van der Waals surface area contributed by atoms with E-state index in [4.69, 9.17) is 0 Å². The van der Waals surface area contributed by atoms with E-state index in [-0.39, 0.29) is 0 Å². The Hall–Kier alpha value is -5.42. The van der Waals surface area contributed by atoms with Crippen LogP contribution in [-0.2, 0) is 0 Å². The number of unbranched alkanes of at least 4 members (excludes halogenated alkanes) is 8. The molecule has 450 valence electrons. The van der Waals surface area contributed by atoms with E-state index < -0.39 is 0 Å². The van der Waals surface area contributed by atoms with Gasteiger partial charge in [0.05, 0.1) is 9.75 Å². The van der Waals surface area contributed by atoms with Crippen molar-refractivity contribution in [2.24, 2.45) is 0 Å². The molecule has 85 heavy (non-hydrogen) atoms. The number of hydrogen-bond donors (Lipinski definition) is 0. The lowest BCUT2D eigenvalue weighted by Gasteiger charge is -2.25. The van der Waals surface area contributed by atoms with Gasteiger partial charge in [-0.25, -0.2) is 0 Å². The molecule has 4 aromatic carbocycles. The number of nitrogens with zero attached hydrogens (tertiary/aromatic N) is 4. The van der Waals surface area contributed by atoms with Gasteiger partial charge in [0.1, 0.15) is 0 Å². The predicted molar refractivity (Wildman–Crippen MR) is 387 cm³/mol. The number of thiophene rings is 5. The average Bonchev–Trinajstić information content (AvgIpc) is 1.78. The molecule has 5 heterocycles. The zero-order valence-corrected chi connectivity index (χ0v) is 56.7. The average molecular weight is 1230 g/mol. The lowest BCUT2D eigenvalue weighted by molar-refractivity contribution is 0.678. The summed E-state index contributed by atoms with van der Waals surface area (Å²) in [5.74, 6) is 0. The van der Waals surface area contributed by atoms with Crippen molar-refractivity contribution in [1.29, 1.82) is 0 Å². The molecule has 0 unspecified atom stereocenters. The second-order valence-corrected chi connectivity index (χ2v) is 28.5. The molecule has 0 aliphatic rings. The maximum atomic E-state index is 2.60. The van der Waals surface area contributed by atoms with Crippen LogP contribution in [0.2, 0.25) is 0 Å². The Labute approximate surface area is 533 Å². The van der Waals surface area contributed by atoms with Gasteiger partial charge < -0.3 is 19.6 Å². The third-order valence-electron chi connectivity index (χ3n) is 16.6. The zero-order valence-electron chi connectivity index (χ0n) is 52.7. The lowest BCUT2D eigenvalue weighted by atomic mass is 10.0. The van der Waals surface area contributed by atoms with Crippen LogP contribution >= 0.6 is 56.7 Å². The second kappa shape index (κ2) is 33.1. The molecule has 0 radical (unpaired) electrons. The van der Waals surface area contributed by atoms with E-state index in [9.17, 15) is 0 Å². The van der Waals surface area contributed by atoms with Gasteiger partial charge in [-0.3, -0.25) is 0 Å². The van der Waals surface area contributed by atoms with E-state index >= 15 is 0 Å². The molecule has 5 aromatic heterocycles. The Morgan fingerprint density at radius 1 is 0.212 bits per heavy atom. The van der Waals surface area contributed by atoms with Crippen LogP contribution in [0.5, 0.6) is 0 Å². The lowest BCUT2D eigenvalue weighted by Crippen LogP contribution is -2.25. The molecule has 9 heteroatoms. The monoisotopic (exact) mass is 1220 g/mol. The molecule has 0 fully saturated rings. The van der Waals surface area contributed by atoms with Crippen molar-refractivity contribution in [1.82, 2.24) is 0 Å². The normalized spacial score (nSPS) is 11.5. The van der Waals surface area contributed by atoms with Crippen LogP contribution in [0.3, 0.4) is 0 Å². The van der Waals surface area contributed by atoms with Gasteiger partial charge in [0.25, 0.3) is 0 Å². The van der Waals surface area contributed by atoms with Crippen LogP contribution in [0.4, 0.5) is 22.7 Å². The van der Waals surface area contributed by atoms with E-state index in [0.717, 1.165) is 52.4 Å². The number of hydrogen-bond acceptors (Lipinski definition) is 9. The van der Waals surface area contributed by atoms with Crippen LogP contribution in [0.1, 0.15) is 158 Å². The van der Waals surface area contributed by atoms with Gasteiger partial charge in [-0.1, -0.05) is 155 Å². The molecule has 9 aromatic rings. The van der Waals surface area contributed by atoms with Crippen LogP contribution in [0.15, 0.2) is 146 Å². The summed E-state index contributed by atoms with van der Waals surface area (Å²) in [4.78, 5) is 23.6. The molecule has 0 bridgehead atoms. The Kier molecular flexibility index (Phi) is 24.9. The third-order valence-corrected chi connectivity index (χ3v) is 22.7. The smallest absolute Gasteiger partial charge is 0.0543 e. The van der Waals surface area contributed by atoms with Gasteiger partial charge >= 0.3 is 0 Å². The van der Waals surface area contributed by atoms with Crippen LogP contribution in [-0.4, -0.2) is 52.4 Å². The molecular formula is C76H96N4S5. The standard InChI is InChI=1S/C76H96N4S5/c1-9-17-49-77(50-18-10-2)61-33-25-57(26-34-61)65-41-45-69(81-65)73-74(70-46-42-66(82-70)58-27-35-62(36-28-58)78(51-19-11-3)52-20-12-4)76(72-48-44-68(84-72)60-31-39-64(40-32-60)80(55-23-15-7)56-24-16-8)85-75(73)71-47-43-67(83-71)59-29-37-63(38-30-59)79(53-21-13-5)54-22-14-6/h25-48H,9-24,49-56H2,1-8H3. The van der Waals surface area contributed by atoms with E-state index in [2.05, 4.69) is 221 Å². The van der Waals surface area contributed by atoms with Gasteiger partial charge in [-0.15, -0.1) is 56.7 Å². The molecular weight excluding hydrogens is 1130 g/mol. The SMILES string of the molecule is CCCCN(CCCC)c1ccc(-c2ccc(-c3sc(-c4ccc(-c5ccc(N(CCCC)CCCC)cc5)s4)c(-c4ccc(-c5ccc(N(CCCC)CCCC)cc5)s4)c3-c3ccc(-c4ccc(N(CCCC)CCCC)cc4)s3)s2)cc1. The molecule has 0 saturated carbocycles. The fraction of sp³-hybridized carbons (Fsp3) is 0.421. The van der Waals surface area contributed by atoms with Gasteiger partial charge in [0.2, 0.25) is 0 Å². The van der Waals surface area contributed by atoms with E-state index in [1.165, 1.54) is 208 Å². The minimum absolute atomic E-state index is 1.11. The number of benzene rings is 4. The van der Waals surface area contributed by atoms with Crippen molar-refractivity contribution in [3.8, 4) is 82.2 Å². The highest BCUT2D eigenvalue weighted by atomic mass is 32.1. The molecule has 0 N–H and O–H groups in total. The molecule has 9 rings (SSSR count). The largest absolute Gasteiger partial charge is 0.372 e. The molecule has 0 atom stereocenters. The first kappa shape index (κ1) is 64.1. The fourth-order valence-electron chi connectivity index (χ4n) is 11.4. The summed E-state index contributed by atoms with van der Waals surface area (Å²) in [6, 6.07) is 57.2. The summed E-state index contributed by atoms with van der Waals surface area (Å²) in [7, 11) is 0. The molecule has 0 spiro atoms. The van der Waals surface area contributed by atoms with Crippen LogP contribution in [0.25, 0.3) is 82.2 Å². The minimum Gasteiger partial charge on any atom is -0.372 e. The molecule has 0 aliphatic carbocycles. The first-order valence-corrected chi connectivity index (χ1v) is 36.9. The summed E-state index contributed by atoms with van der Waals surface area (Å²) in [5.41, 5.74) is 13.2. The summed E-state index contributed by atoms with van der Waals surface area (Å²) in [6.45, 7) is 27.3. The topological polar surface area (TPSA) is 13.0 Å². The van der Waals surface area contributed by atoms with Gasteiger partial charge in [0, 0.05) is 125 Å². The molecule has 4 nitrogen and oxygen atoms in total. The molecule has 0 aliphatic heterocycles. The quantitative estimate of drug-likeness (QED) is 0.0388. The predicted octanol–water partition coefficient (Wildman–Crippen LogP) is 25.0. The second-order valence-electron chi connectivity index (χ2n) is 23.1. The van der Waals surface area contributed by atoms with Crippen molar-refractivity contribution >= 4 is 79.4 Å². The van der Waals surface area contributed by atoms with E-state index in [1.807, 2.05) is 56.7 Å². The van der Waals surface area contributed by atoms with Crippen molar-refractivity contribution in [2.75, 3.05) is 72.0 Å². The fourth-order valence-corrected chi connectivity index (χ4v) is 17.2. The number of anilines is 4. The van der Waals surface area contributed by atoms with Gasteiger partial charge in [-0.05, 0) is 171 Å². The zero-order chi connectivity index (χ0) is 59.3. The van der Waals surface area contributed by atoms with Gasteiger partial charge in [0.15, 0.2) is 0 Å². The Balaban J connectivity index is 1.17. The van der Waals surface area contributed by atoms with Crippen LogP contribution < -0.4 is 19.6 Å². The highest BCUT2D eigenvalue weighted by Gasteiger charge is 2.28. The third kappa shape index (κ3) is 16.6. The van der Waals surface area contributed by atoms with E-state index in [1.54, 1.807) is 0 Å². The first-order chi connectivity index (χ1) is 41.8. The van der Waals surface area contributed by atoms with Crippen molar-refractivity contribution < 1.29 is 0 Å².